The highest BCUT2D eigenvalue weighted by Crippen LogP contribution is 2.34. The molecule has 2 aromatic carbocycles. The first kappa shape index (κ1) is 14.4. The van der Waals surface area contributed by atoms with Gasteiger partial charge in [-0.2, -0.15) is 0 Å². The van der Waals surface area contributed by atoms with Gasteiger partial charge in [0.05, 0.1) is 0 Å². The Morgan fingerprint density at radius 3 is 2.43 bits per heavy atom. The number of fused-ring (bicyclic) bond motifs is 1. The van der Waals surface area contributed by atoms with Gasteiger partial charge in [-0.15, -0.1) is 0 Å². The zero-order valence-corrected chi connectivity index (χ0v) is 13.4. The Kier molecular flexibility index (Phi) is 3.66. The van der Waals surface area contributed by atoms with Crippen LogP contribution in [0, 0.1) is 11.3 Å². The first-order valence-corrected chi connectivity index (χ1v) is 7.93. The van der Waals surface area contributed by atoms with E-state index < -0.39 is 0 Å². The molecular weight excluding hydrogens is 256 g/mol. The summed E-state index contributed by atoms with van der Waals surface area (Å²) in [6.45, 7) is 10.4. The molecule has 2 nitrogen and oxygen atoms in total. The molecule has 21 heavy (non-hydrogen) atoms. The van der Waals surface area contributed by atoms with Crippen molar-refractivity contribution in [2.75, 3.05) is 18.8 Å². The normalized spacial score (nSPS) is 20.2. The van der Waals surface area contributed by atoms with Crippen molar-refractivity contribution >= 4 is 16.5 Å². The summed E-state index contributed by atoms with van der Waals surface area (Å²) in [7, 11) is 0. The van der Waals surface area contributed by atoms with Crippen molar-refractivity contribution in [3.05, 3.63) is 42.0 Å². The summed E-state index contributed by atoms with van der Waals surface area (Å²) in [5.41, 5.74) is 8.86. The average Bonchev–Trinajstić information content (AvgIpc) is 2.88. The average molecular weight is 282 g/mol. The number of nitrogens with zero attached hydrogens (tertiary/aromatic N) is 1. The monoisotopic (exact) mass is 282 g/mol. The van der Waals surface area contributed by atoms with Gasteiger partial charge in [0.25, 0.3) is 0 Å². The predicted octanol–water partition coefficient (Wildman–Crippen LogP) is 4.29. The molecule has 1 aliphatic rings. The van der Waals surface area contributed by atoms with Gasteiger partial charge in [-0.3, -0.25) is 4.90 Å². The molecule has 2 aromatic rings. The van der Waals surface area contributed by atoms with Gasteiger partial charge in [0.15, 0.2) is 0 Å². The molecule has 0 radical (unpaired) electrons. The van der Waals surface area contributed by atoms with Crippen LogP contribution in [0.25, 0.3) is 10.8 Å². The van der Waals surface area contributed by atoms with E-state index in [0.717, 1.165) is 18.2 Å². The van der Waals surface area contributed by atoms with E-state index in [0.29, 0.717) is 5.41 Å². The first-order valence-electron chi connectivity index (χ1n) is 7.93. The van der Waals surface area contributed by atoms with E-state index in [1.165, 1.54) is 35.8 Å². The SMILES string of the molecule is CC(C)(C)C1CCN(Cc2cc3ccccc3cc2N)C1. The Morgan fingerprint density at radius 1 is 1.14 bits per heavy atom. The molecule has 1 unspecified atom stereocenters. The predicted molar refractivity (Wildman–Crippen MR) is 91.2 cm³/mol. The van der Waals surface area contributed by atoms with Gasteiger partial charge in [-0.25, -0.2) is 0 Å². The van der Waals surface area contributed by atoms with Crippen LogP contribution in [0.3, 0.4) is 0 Å². The summed E-state index contributed by atoms with van der Waals surface area (Å²) in [6.07, 6.45) is 1.30. The van der Waals surface area contributed by atoms with Crippen molar-refractivity contribution in [3.63, 3.8) is 0 Å². The summed E-state index contributed by atoms with van der Waals surface area (Å²) >= 11 is 0. The minimum atomic E-state index is 0.406. The fourth-order valence-corrected chi connectivity index (χ4v) is 3.37. The molecule has 1 saturated heterocycles. The molecule has 1 heterocycles. The number of hydrogen-bond donors (Lipinski definition) is 1. The molecule has 0 aliphatic carbocycles. The third-order valence-corrected chi connectivity index (χ3v) is 4.90. The van der Waals surface area contributed by atoms with Gasteiger partial charge in [-0.05, 0) is 52.8 Å². The van der Waals surface area contributed by atoms with Crippen LogP contribution in [0.1, 0.15) is 32.8 Å². The van der Waals surface area contributed by atoms with Crippen LogP contribution in [-0.4, -0.2) is 18.0 Å². The Balaban J connectivity index is 1.78. The van der Waals surface area contributed by atoms with Crippen molar-refractivity contribution in [2.45, 2.75) is 33.7 Å². The topological polar surface area (TPSA) is 29.3 Å². The van der Waals surface area contributed by atoms with Gasteiger partial charge in [-0.1, -0.05) is 45.0 Å². The Labute approximate surface area is 127 Å². The second kappa shape index (κ2) is 5.34. The summed E-state index contributed by atoms with van der Waals surface area (Å²) in [5, 5.41) is 2.51. The number of nitrogen functional groups attached to an aromatic ring is 1. The molecule has 2 N–H and O–H groups in total. The maximum Gasteiger partial charge on any atom is 0.0366 e. The molecule has 1 fully saturated rings. The van der Waals surface area contributed by atoms with Crippen LogP contribution < -0.4 is 5.73 Å². The molecule has 0 bridgehead atoms. The fourth-order valence-electron chi connectivity index (χ4n) is 3.37. The van der Waals surface area contributed by atoms with E-state index in [1.807, 2.05) is 0 Å². The quantitative estimate of drug-likeness (QED) is 0.833. The van der Waals surface area contributed by atoms with Crippen LogP contribution in [0.5, 0.6) is 0 Å². The fraction of sp³-hybridized carbons (Fsp3) is 0.474. The molecule has 0 spiro atoms. The minimum Gasteiger partial charge on any atom is -0.398 e. The third kappa shape index (κ3) is 3.06. The highest BCUT2D eigenvalue weighted by Gasteiger charge is 2.31. The second-order valence-corrected chi connectivity index (χ2v) is 7.48. The van der Waals surface area contributed by atoms with Crippen molar-refractivity contribution in [1.29, 1.82) is 0 Å². The van der Waals surface area contributed by atoms with Crippen LogP contribution in [0.4, 0.5) is 5.69 Å². The summed E-state index contributed by atoms with van der Waals surface area (Å²) in [4.78, 5) is 2.55. The minimum absolute atomic E-state index is 0.406. The summed E-state index contributed by atoms with van der Waals surface area (Å²) < 4.78 is 0. The lowest BCUT2D eigenvalue weighted by molar-refractivity contribution is 0.226. The second-order valence-electron chi connectivity index (χ2n) is 7.48. The molecule has 2 heteroatoms. The Morgan fingerprint density at radius 2 is 1.81 bits per heavy atom. The van der Waals surface area contributed by atoms with E-state index in [-0.39, 0.29) is 0 Å². The molecule has 0 saturated carbocycles. The van der Waals surface area contributed by atoms with Gasteiger partial charge >= 0.3 is 0 Å². The van der Waals surface area contributed by atoms with Crippen molar-refractivity contribution in [2.24, 2.45) is 11.3 Å². The summed E-state index contributed by atoms with van der Waals surface area (Å²) in [5.74, 6) is 0.791. The molecule has 1 aliphatic heterocycles. The van der Waals surface area contributed by atoms with Gasteiger partial charge < -0.3 is 5.73 Å². The van der Waals surface area contributed by atoms with Crippen LogP contribution in [0.2, 0.25) is 0 Å². The molecule has 0 amide bonds. The Hall–Kier alpha value is -1.54. The van der Waals surface area contributed by atoms with E-state index >= 15 is 0 Å². The van der Waals surface area contributed by atoms with E-state index in [9.17, 15) is 0 Å². The first-order chi connectivity index (χ1) is 9.93. The zero-order chi connectivity index (χ0) is 15.0. The van der Waals surface area contributed by atoms with Gasteiger partial charge in [0.2, 0.25) is 0 Å². The smallest absolute Gasteiger partial charge is 0.0366 e. The summed E-state index contributed by atoms with van der Waals surface area (Å²) in [6, 6.07) is 12.8. The number of hydrogen-bond acceptors (Lipinski definition) is 2. The molecule has 3 rings (SSSR count). The lowest BCUT2D eigenvalue weighted by atomic mass is 9.80. The highest BCUT2D eigenvalue weighted by molar-refractivity contribution is 5.86. The zero-order valence-electron chi connectivity index (χ0n) is 13.4. The van der Waals surface area contributed by atoms with Crippen LogP contribution in [0.15, 0.2) is 36.4 Å². The van der Waals surface area contributed by atoms with Gasteiger partial charge in [0, 0.05) is 18.8 Å². The van der Waals surface area contributed by atoms with Crippen molar-refractivity contribution < 1.29 is 0 Å². The number of benzene rings is 2. The number of rotatable bonds is 2. The largest absolute Gasteiger partial charge is 0.398 e. The molecular formula is C19H26N2. The Bertz CT molecular complexity index is 640. The molecule has 0 aromatic heterocycles. The lowest BCUT2D eigenvalue weighted by Crippen LogP contribution is -2.26. The van der Waals surface area contributed by atoms with E-state index in [1.54, 1.807) is 0 Å². The van der Waals surface area contributed by atoms with Crippen molar-refractivity contribution in [1.82, 2.24) is 4.90 Å². The lowest BCUT2D eigenvalue weighted by Gasteiger charge is -2.27. The van der Waals surface area contributed by atoms with Crippen LogP contribution >= 0.6 is 0 Å². The highest BCUT2D eigenvalue weighted by atomic mass is 15.1. The number of anilines is 1. The van der Waals surface area contributed by atoms with E-state index in [2.05, 4.69) is 62.1 Å². The molecule has 1 atom stereocenters. The van der Waals surface area contributed by atoms with Crippen molar-refractivity contribution in [3.8, 4) is 0 Å². The number of likely N-dealkylation sites (tertiary alicyclic amines) is 1. The molecule has 112 valence electrons. The van der Waals surface area contributed by atoms with Crippen LogP contribution in [-0.2, 0) is 6.54 Å². The standard InChI is InChI=1S/C19H26N2/c1-19(2,3)17-8-9-21(13-17)12-16-10-14-6-4-5-7-15(14)11-18(16)20/h4-7,10-11,17H,8-9,12-13,20H2,1-3H3. The number of nitrogens with two attached hydrogens (primary N) is 1. The van der Waals surface area contributed by atoms with Gasteiger partial charge in [0.1, 0.15) is 0 Å². The third-order valence-electron chi connectivity index (χ3n) is 4.90. The maximum absolute atomic E-state index is 6.26. The maximum atomic E-state index is 6.26. The van der Waals surface area contributed by atoms with E-state index in [4.69, 9.17) is 5.73 Å².